The number of ether oxygens (including phenoxy) is 3. The van der Waals surface area contributed by atoms with Crippen LogP contribution in [-0.2, 0) is 11.4 Å². The third kappa shape index (κ3) is 6.83. The smallest absolute Gasteiger partial charge is 0.271 e. The zero-order chi connectivity index (χ0) is 33.1. The maximum atomic E-state index is 14.2. The monoisotopic (exact) mass is 685 g/mol. The second-order valence-corrected chi connectivity index (χ2v) is 12.5. The summed E-state index contributed by atoms with van der Waals surface area (Å²) in [5.74, 6) is 1.04. The molecule has 1 aliphatic rings. The van der Waals surface area contributed by atoms with Crippen LogP contribution in [0.25, 0.3) is 6.08 Å². The van der Waals surface area contributed by atoms with E-state index in [1.807, 2.05) is 54.6 Å². The summed E-state index contributed by atoms with van der Waals surface area (Å²) in [4.78, 5) is 33.2. The summed E-state index contributed by atoms with van der Waals surface area (Å²) in [6.45, 7) is 2.03. The highest BCUT2D eigenvalue weighted by molar-refractivity contribution is 7.07. The molecule has 11 heteroatoms. The molecular formula is C36H29Cl2N3O5S. The van der Waals surface area contributed by atoms with Crippen LogP contribution in [0.15, 0.2) is 112 Å². The molecule has 0 unspecified atom stereocenters. The number of methoxy groups -OCH3 is 2. The minimum Gasteiger partial charge on any atom is -0.497 e. The van der Waals surface area contributed by atoms with Gasteiger partial charge in [0.15, 0.2) is 16.3 Å². The van der Waals surface area contributed by atoms with E-state index in [9.17, 15) is 9.59 Å². The van der Waals surface area contributed by atoms with Crippen molar-refractivity contribution in [3.63, 3.8) is 0 Å². The largest absolute Gasteiger partial charge is 0.497 e. The van der Waals surface area contributed by atoms with Crippen LogP contribution >= 0.6 is 34.5 Å². The second kappa shape index (κ2) is 13.9. The van der Waals surface area contributed by atoms with Crippen LogP contribution in [0.4, 0.5) is 5.69 Å². The molecule has 4 aromatic carbocycles. The Hall–Kier alpha value is -4.83. The number of carbonyl (C=O) groups excluding carboxylic acids is 1. The standard InChI is InChI=1S/C36H29Cl2N3O5S/c1-21-31(34(42)40-26-9-5-4-6-10-26)32(24-8-7-11-27(19-24)44-2)41-35(43)30(47-36(41)39-21)18-23-16-28(38)33(29(17-23)45-3)46-20-22-12-14-25(37)15-13-22/h4-19,32H,20H2,1-3H3,(H,40,42)/b30-18-/t32-/m1/s1. The van der Waals surface area contributed by atoms with Gasteiger partial charge in [-0.05, 0) is 78.2 Å². The number of halogens is 2. The fourth-order valence-corrected chi connectivity index (χ4v) is 6.76. The third-order valence-electron chi connectivity index (χ3n) is 7.55. The number of thiazole rings is 1. The van der Waals surface area contributed by atoms with Gasteiger partial charge in [0.2, 0.25) is 0 Å². The highest BCUT2D eigenvalue weighted by Gasteiger charge is 2.33. The van der Waals surface area contributed by atoms with Crippen LogP contribution in [0.2, 0.25) is 10.0 Å². The molecule has 0 saturated carbocycles. The lowest BCUT2D eigenvalue weighted by molar-refractivity contribution is -0.113. The van der Waals surface area contributed by atoms with Crippen molar-refractivity contribution in [2.75, 3.05) is 19.5 Å². The molecule has 0 radical (unpaired) electrons. The number of rotatable bonds is 9. The summed E-state index contributed by atoms with van der Waals surface area (Å²) in [6, 6.07) is 26.5. The molecule has 0 aliphatic carbocycles. The first kappa shape index (κ1) is 32.1. The summed E-state index contributed by atoms with van der Waals surface area (Å²) >= 11 is 13.9. The average molecular weight is 687 g/mol. The third-order valence-corrected chi connectivity index (χ3v) is 9.07. The fraction of sp³-hybridized carbons (Fsp3) is 0.139. The minimum absolute atomic E-state index is 0.259. The highest BCUT2D eigenvalue weighted by atomic mass is 35.5. The Kier molecular flexibility index (Phi) is 9.49. The Morgan fingerprint density at radius 3 is 2.47 bits per heavy atom. The zero-order valence-corrected chi connectivity index (χ0v) is 28.0. The summed E-state index contributed by atoms with van der Waals surface area (Å²) < 4.78 is 19.1. The number of amides is 1. The fourth-order valence-electron chi connectivity index (χ4n) is 5.31. The van der Waals surface area contributed by atoms with Crippen LogP contribution in [0.3, 0.4) is 0 Å². The molecule has 1 atom stereocenters. The van der Waals surface area contributed by atoms with Gasteiger partial charge >= 0.3 is 0 Å². The van der Waals surface area contributed by atoms with E-state index >= 15 is 0 Å². The van der Waals surface area contributed by atoms with Crippen LogP contribution in [0.5, 0.6) is 17.2 Å². The molecule has 0 saturated heterocycles. The summed E-state index contributed by atoms with van der Waals surface area (Å²) in [5.41, 5.74) is 3.43. The predicted molar refractivity (Wildman–Crippen MR) is 186 cm³/mol. The Bertz CT molecular complexity index is 2180. The minimum atomic E-state index is -0.756. The number of fused-ring (bicyclic) bond motifs is 1. The summed E-state index contributed by atoms with van der Waals surface area (Å²) in [6.07, 6.45) is 1.73. The molecule has 1 aliphatic heterocycles. The van der Waals surface area contributed by atoms with Gasteiger partial charge in [0.25, 0.3) is 11.5 Å². The number of para-hydroxylation sites is 1. The van der Waals surface area contributed by atoms with Gasteiger partial charge in [0.05, 0.1) is 41.1 Å². The van der Waals surface area contributed by atoms with Crippen molar-refractivity contribution in [2.45, 2.75) is 19.6 Å². The second-order valence-electron chi connectivity index (χ2n) is 10.6. The van der Waals surface area contributed by atoms with Crippen LogP contribution < -0.4 is 34.4 Å². The van der Waals surface area contributed by atoms with Gasteiger partial charge in [0.1, 0.15) is 12.4 Å². The molecule has 0 fully saturated rings. The molecule has 1 aromatic heterocycles. The number of hydrogen-bond acceptors (Lipinski definition) is 7. The lowest BCUT2D eigenvalue weighted by atomic mass is 9.95. The van der Waals surface area contributed by atoms with Crippen molar-refractivity contribution in [2.24, 2.45) is 4.99 Å². The number of carbonyl (C=O) groups is 1. The van der Waals surface area contributed by atoms with E-state index < -0.39 is 6.04 Å². The van der Waals surface area contributed by atoms with Crippen LogP contribution in [0, 0.1) is 0 Å². The molecule has 8 nitrogen and oxygen atoms in total. The van der Waals surface area contributed by atoms with Gasteiger partial charge < -0.3 is 19.5 Å². The Morgan fingerprint density at radius 1 is 0.979 bits per heavy atom. The van der Waals surface area contributed by atoms with Crippen molar-refractivity contribution >= 4 is 52.2 Å². The molecular weight excluding hydrogens is 657 g/mol. The van der Waals surface area contributed by atoms with E-state index in [-0.39, 0.29) is 18.1 Å². The zero-order valence-electron chi connectivity index (χ0n) is 25.6. The van der Waals surface area contributed by atoms with E-state index in [1.54, 1.807) is 61.1 Å². The molecule has 238 valence electrons. The molecule has 0 bridgehead atoms. The molecule has 2 heterocycles. The van der Waals surface area contributed by atoms with Crippen LogP contribution in [-0.4, -0.2) is 24.7 Å². The van der Waals surface area contributed by atoms with Crippen molar-refractivity contribution in [3.05, 3.63) is 149 Å². The van der Waals surface area contributed by atoms with Crippen molar-refractivity contribution < 1.29 is 19.0 Å². The Labute approximate surface area is 284 Å². The molecule has 1 N–H and O–H groups in total. The van der Waals surface area contributed by atoms with E-state index in [2.05, 4.69) is 5.32 Å². The molecule has 47 heavy (non-hydrogen) atoms. The lowest BCUT2D eigenvalue weighted by Crippen LogP contribution is -2.40. The van der Waals surface area contributed by atoms with Gasteiger partial charge in [0, 0.05) is 10.7 Å². The molecule has 1 amide bonds. The topological polar surface area (TPSA) is 91.2 Å². The Balaban J connectivity index is 1.41. The number of benzene rings is 4. The van der Waals surface area contributed by atoms with Crippen LogP contribution in [0.1, 0.15) is 29.7 Å². The number of hydrogen-bond donors (Lipinski definition) is 1. The number of aromatic nitrogens is 1. The van der Waals surface area contributed by atoms with E-state index in [0.29, 0.717) is 64.7 Å². The highest BCUT2D eigenvalue weighted by Crippen LogP contribution is 2.37. The lowest BCUT2D eigenvalue weighted by Gasteiger charge is -2.25. The molecule has 5 aromatic rings. The van der Waals surface area contributed by atoms with Gasteiger partial charge in [-0.15, -0.1) is 0 Å². The van der Waals surface area contributed by atoms with E-state index in [1.165, 1.54) is 18.4 Å². The number of anilines is 1. The van der Waals surface area contributed by atoms with E-state index in [4.69, 9.17) is 42.4 Å². The summed E-state index contributed by atoms with van der Waals surface area (Å²) in [7, 11) is 3.10. The van der Waals surface area contributed by atoms with Gasteiger partial charge in [-0.2, -0.15) is 0 Å². The first-order valence-corrected chi connectivity index (χ1v) is 16.1. The maximum Gasteiger partial charge on any atom is 0.271 e. The predicted octanol–water partition coefficient (Wildman–Crippen LogP) is 6.78. The van der Waals surface area contributed by atoms with Gasteiger partial charge in [-0.3, -0.25) is 14.2 Å². The molecule has 0 spiro atoms. The van der Waals surface area contributed by atoms with Crippen molar-refractivity contribution in [1.29, 1.82) is 0 Å². The van der Waals surface area contributed by atoms with Gasteiger partial charge in [-0.25, -0.2) is 4.99 Å². The molecule has 6 rings (SSSR count). The normalized spacial score (nSPS) is 14.3. The maximum absolute atomic E-state index is 14.2. The van der Waals surface area contributed by atoms with Crippen molar-refractivity contribution in [1.82, 2.24) is 4.57 Å². The SMILES string of the molecule is COc1cccc([C@@H]2C(C(=O)Nc3ccccc3)=C(C)N=c3s/c(=C\c4cc(Cl)c(OCc5ccc(Cl)cc5)c(OC)c4)c(=O)n32)c1. The number of nitrogens with one attached hydrogen (secondary N) is 1. The van der Waals surface area contributed by atoms with E-state index in [0.717, 1.165) is 5.56 Å². The number of nitrogens with zero attached hydrogens (tertiary/aromatic N) is 2. The average Bonchev–Trinajstić information content (AvgIpc) is 3.37. The van der Waals surface area contributed by atoms with Crippen molar-refractivity contribution in [3.8, 4) is 17.2 Å². The number of allylic oxidation sites excluding steroid dienone is 1. The van der Waals surface area contributed by atoms with Gasteiger partial charge in [-0.1, -0.05) is 77.0 Å². The first-order chi connectivity index (χ1) is 22.7. The Morgan fingerprint density at radius 2 is 1.74 bits per heavy atom. The first-order valence-electron chi connectivity index (χ1n) is 14.5. The summed E-state index contributed by atoms with van der Waals surface area (Å²) in [5, 5.41) is 3.92. The quantitative estimate of drug-likeness (QED) is 0.185.